The summed E-state index contributed by atoms with van der Waals surface area (Å²) in [5.41, 5.74) is 3.30. The molecule has 3 nitrogen and oxygen atoms in total. The fraction of sp³-hybridized carbons (Fsp3) is 0.235. The Kier molecular flexibility index (Phi) is 5.00. The van der Waals surface area contributed by atoms with Crippen LogP contribution in [0.1, 0.15) is 22.1 Å². The number of benzene rings is 1. The summed E-state index contributed by atoms with van der Waals surface area (Å²) in [6.45, 7) is 3.30. The van der Waals surface area contributed by atoms with Gasteiger partial charge in [0.15, 0.2) is 0 Å². The molecular formula is C17H18N2OS2. The van der Waals surface area contributed by atoms with E-state index in [1.165, 1.54) is 16.0 Å². The summed E-state index contributed by atoms with van der Waals surface area (Å²) in [4.78, 5) is 5.63. The van der Waals surface area contributed by atoms with Gasteiger partial charge in [0.1, 0.15) is 5.01 Å². The standard InChI is InChI=1S/C17H18N2OS2/c1-12-3-2-4-13(7-12)16(20)10-18-8-15-9-19-17(22-15)14-5-6-21-11-14/h2-7,9,11,16,18,20H,8,10H2,1H3. The van der Waals surface area contributed by atoms with Crippen molar-refractivity contribution in [2.75, 3.05) is 6.54 Å². The zero-order chi connectivity index (χ0) is 15.4. The largest absolute Gasteiger partial charge is 0.387 e. The molecule has 0 amide bonds. The molecule has 5 heteroatoms. The molecule has 3 rings (SSSR count). The lowest BCUT2D eigenvalue weighted by atomic mass is 10.1. The zero-order valence-electron chi connectivity index (χ0n) is 12.3. The van der Waals surface area contributed by atoms with Gasteiger partial charge in [-0.25, -0.2) is 4.98 Å². The summed E-state index contributed by atoms with van der Waals surface area (Å²) >= 11 is 3.37. The average molecular weight is 330 g/mol. The molecule has 2 N–H and O–H groups in total. The third-order valence-electron chi connectivity index (χ3n) is 3.39. The van der Waals surface area contributed by atoms with Crippen LogP contribution < -0.4 is 5.32 Å². The van der Waals surface area contributed by atoms with Crippen molar-refractivity contribution in [3.05, 3.63) is 63.3 Å². The second-order valence-corrected chi connectivity index (χ2v) is 7.10. The lowest BCUT2D eigenvalue weighted by Gasteiger charge is -2.12. The Balaban J connectivity index is 1.53. The quantitative estimate of drug-likeness (QED) is 0.718. The normalized spacial score (nSPS) is 12.5. The summed E-state index contributed by atoms with van der Waals surface area (Å²) in [5.74, 6) is 0. The van der Waals surface area contributed by atoms with E-state index in [0.717, 1.165) is 17.1 Å². The van der Waals surface area contributed by atoms with Crippen molar-refractivity contribution >= 4 is 22.7 Å². The molecule has 1 unspecified atom stereocenters. The van der Waals surface area contributed by atoms with Gasteiger partial charge in [-0.05, 0) is 23.9 Å². The van der Waals surface area contributed by atoms with Crippen molar-refractivity contribution in [3.8, 4) is 10.6 Å². The number of aryl methyl sites for hydroxylation is 1. The predicted octanol–water partition coefficient (Wildman–Crippen LogP) is 4.00. The number of rotatable bonds is 6. The van der Waals surface area contributed by atoms with Gasteiger partial charge in [0.25, 0.3) is 0 Å². The van der Waals surface area contributed by atoms with Crippen molar-refractivity contribution in [2.45, 2.75) is 19.6 Å². The monoisotopic (exact) mass is 330 g/mol. The second kappa shape index (κ2) is 7.15. The van der Waals surface area contributed by atoms with Crippen molar-refractivity contribution in [1.82, 2.24) is 10.3 Å². The van der Waals surface area contributed by atoms with Crippen molar-refractivity contribution in [1.29, 1.82) is 0 Å². The minimum Gasteiger partial charge on any atom is -0.387 e. The molecule has 0 aliphatic rings. The number of thiazole rings is 1. The highest BCUT2D eigenvalue weighted by Crippen LogP contribution is 2.26. The number of aliphatic hydroxyl groups excluding tert-OH is 1. The molecule has 22 heavy (non-hydrogen) atoms. The lowest BCUT2D eigenvalue weighted by Crippen LogP contribution is -2.20. The Hall–Kier alpha value is -1.53. The number of hydrogen-bond acceptors (Lipinski definition) is 5. The summed E-state index contributed by atoms with van der Waals surface area (Å²) in [5, 5.41) is 18.7. The molecule has 0 aliphatic heterocycles. The van der Waals surface area contributed by atoms with E-state index in [1.807, 2.05) is 37.4 Å². The van der Waals surface area contributed by atoms with E-state index in [2.05, 4.69) is 27.1 Å². The van der Waals surface area contributed by atoms with E-state index in [1.54, 1.807) is 22.7 Å². The number of nitrogens with zero attached hydrogens (tertiary/aromatic N) is 1. The molecule has 0 fully saturated rings. The Morgan fingerprint density at radius 2 is 2.23 bits per heavy atom. The molecule has 2 heterocycles. The topological polar surface area (TPSA) is 45.1 Å². The van der Waals surface area contributed by atoms with Crippen LogP contribution in [0.15, 0.2) is 47.3 Å². The molecule has 0 saturated heterocycles. The molecule has 1 atom stereocenters. The van der Waals surface area contributed by atoms with Crippen molar-refractivity contribution in [2.24, 2.45) is 0 Å². The van der Waals surface area contributed by atoms with E-state index in [9.17, 15) is 5.11 Å². The first kappa shape index (κ1) is 15.4. The van der Waals surface area contributed by atoms with E-state index < -0.39 is 6.10 Å². The second-order valence-electron chi connectivity index (χ2n) is 5.20. The predicted molar refractivity (Wildman–Crippen MR) is 93.3 cm³/mol. The number of aromatic nitrogens is 1. The van der Waals surface area contributed by atoms with Crippen molar-refractivity contribution in [3.63, 3.8) is 0 Å². The molecule has 1 aromatic carbocycles. The van der Waals surface area contributed by atoms with Gasteiger partial charge in [-0.2, -0.15) is 11.3 Å². The Morgan fingerprint density at radius 1 is 1.32 bits per heavy atom. The van der Waals surface area contributed by atoms with Crippen LogP contribution in [0.2, 0.25) is 0 Å². The fourth-order valence-corrected chi connectivity index (χ4v) is 3.83. The third kappa shape index (κ3) is 3.81. The van der Waals surface area contributed by atoms with Crippen molar-refractivity contribution < 1.29 is 5.11 Å². The molecule has 0 saturated carbocycles. The van der Waals surface area contributed by atoms with Crippen LogP contribution >= 0.6 is 22.7 Å². The van der Waals surface area contributed by atoms with Gasteiger partial charge in [0.2, 0.25) is 0 Å². The minimum atomic E-state index is -0.482. The first-order valence-corrected chi connectivity index (χ1v) is 8.91. The van der Waals surface area contributed by atoms with Crippen LogP contribution in [0.5, 0.6) is 0 Å². The van der Waals surface area contributed by atoms with Gasteiger partial charge in [0, 0.05) is 35.1 Å². The van der Waals surface area contributed by atoms with Crippen LogP contribution in [-0.4, -0.2) is 16.6 Å². The molecule has 0 spiro atoms. The fourth-order valence-electron chi connectivity index (χ4n) is 2.24. The molecule has 0 aliphatic carbocycles. The Morgan fingerprint density at radius 3 is 3.00 bits per heavy atom. The number of hydrogen-bond donors (Lipinski definition) is 2. The first-order chi connectivity index (χ1) is 10.7. The summed E-state index contributed by atoms with van der Waals surface area (Å²) in [6, 6.07) is 10.1. The number of nitrogens with one attached hydrogen (secondary N) is 1. The zero-order valence-corrected chi connectivity index (χ0v) is 14.0. The van der Waals surface area contributed by atoms with E-state index in [4.69, 9.17) is 0 Å². The van der Waals surface area contributed by atoms with Gasteiger partial charge in [0.05, 0.1) is 6.10 Å². The molecular weight excluding hydrogens is 312 g/mol. The lowest BCUT2D eigenvalue weighted by molar-refractivity contribution is 0.174. The van der Waals surface area contributed by atoms with Crippen LogP contribution in [-0.2, 0) is 6.54 Å². The van der Waals surface area contributed by atoms with E-state index >= 15 is 0 Å². The summed E-state index contributed by atoms with van der Waals surface area (Å²) in [7, 11) is 0. The van der Waals surface area contributed by atoms with Crippen LogP contribution in [0.3, 0.4) is 0 Å². The Labute approximate surface area is 138 Å². The van der Waals surface area contributed by atoms with Gasteiger partial charge in [-0.3, -0.25) is 0 Å². The number of aliphatic hydroxyl groups is 1. The van der Waals surface area contributed by atoms with E-state index in [0.29, 0.717) is 6.54 Å². The van der Waals surface area contributed by atoms with E-state index in [-0.39, 0.29) is 0 Å². The highest BCUT2D eigenvalue weighted by Gasteiger charge is 2.08. The molecule has 0 bridgehead atoms. The third-order valence-corrected chi connectivity index (χ3v) is 5.12. The van der Waals surface area contributed by atoms with Gasteiger partial charge >= 0.3 is 0 Å². The maximum Gasteiger partial charge on any atom is 0.124 e. The minimum absolute atomic E-state index is 0.482. The molecule has 0 radical (unpaired) electrons. The highest BCUT2D eigenvalue weighted by atomic mass is 32.1. The molecule has 114 valence electrons. The SMILES string of the molecule is Cc1cccc(C(O)CNCc2cnc(-c3ccsc3)s2)c1. The highest BCUT2D eigenvalue weighted by molar-refractivity contribution is 7.15. The number of thiophene rings is 1. The maximum atomic E-state index is 10.2. The van der Waals surface area contributed by atoms with Crippen LogP contribution in [0, 0.1) is 6.92 Å². The average Bonchev–Trinajstić information content (AvgIpc) is 3.18. The van der Waals surface area contributed by atoms with Gasteiger partial charge in [-0.1, -0.05) is 29.8 Å². The first-order valence-electron chi connectivity index (χ1n) is 7.15. The van der Waals surface area contributed by atoms with Crippen LogP contribution in [0.4, 0.5) is 0 Å². The maximum absolute atomic E-state index is 10.2. The molecule has 3 aromatic rings. The summed E-state index contributed by atoms with van der Waals surface area (Å²) in [6.07, 6.45) is 1.42. The summed E-state index contributed by atoms with van der Waals surface area (Å²) < 4.78 is 0. The van der Waals surface area contributed by atoms with Gasteiger partial charge < -0.3 is 10.4 Å². The smallest absolute Gasteiger partial charge is 0.124 e. The Bertz CT molecular complexity index is 722. The van der Waals surface area contributed by atoms with Gasteiger partial charge in [-0.15, -0.1) is 11.3 Å². The van der Waals surface area contributed by atoms with Crippen LogP contribution in [0.25, 0.3) is 10.6 Å². The molecule has 2 aromatic heterocycles.